The van der Waals surface area contributed by atoms with Crippen LogP contribution in [0.2, 0.25) is 0 Å². The highest BCUT2D eigenvalue weighted by Crippen LogP contribution is 2.24. The molecule has 1 rings (SSSR count). The molecule has 0 aromatic heterocycles. The van der Waals surface area contributed by atoms with Crippen LogP contribution >= 0.6 is 12.6 Å². The Balaban J connectivity index is 2.52. The summed E-state index contributed by atoms with van der Waals surface area (Å²) in [6, 6.07) is 0.479. The average molecular weight is 201 g/mol. The van der Waals surface area contributed by atoms with Gasteiger partial charge in [0.05, 0.1) is 0 Å². The Morgan fingerprint density at radius 1 is 1.62 bits per heavy atom. The molecular formula is C10H19NOS. The van der Waals surface area contributed by atoms with Gasteiger partial charge in [0.1, 0.15) is 0 Å². The van der Waals surface area contributed by atoms with Crippen LogP contribution in [-0.2, 0) is 4.79 Å². The summed E-state index contributed by atoms with van der Waals surface area (Å²) in [5, 5.41) is 0. The molecule has 13 heavy (non-hydrogen) atoms. The first-order valence-electron chi connectivity index (χ1n) is 5.07. The van der Waals surface area contributed by atoms with E-state index in [4.69, 9.17) is 0 Å². The number of hydrogen-bond acceptors (Lipinski definition) is 2. The first-order valence-corrected chi connectivity index (χ1v) is 5.70. The lowest BCUT2D eigenvalue weighted by atomic mass is 10.0. The summed E-state index contributed by atoms with van der Waals surface area (Å²) >= 11 is 4.09. The van der Waals surface area contributed by atoms with Crippen LogP contribution in [0.1, 0.15) is 33.1 Å². The van der Waals surface area contributed by atoms with E-state index in [0.29, 0.717) is 24.1 Å². The molecule has 1 fully saturated rings. The molecule has 3 heteroatoms. The molecule has 0 aromatic carbocycles. The predicted molar refractivity (Wildman–Crippen MR) is 58.0 cm³/mol. The molecule has 0 spiro atoms. The molecule has 0 N–H and O–H groups in total. The molecule has 1 aliphatic heterocycles. The molecule has 1 saturated heterocycles. The van der Waals surface area contributed by atoms with E-state index in [1.54, 1.807) is 0 Å². The zero-order valence-electron chi connectivity index (χ0n) is 8.49. The Morgan fingerprint density at radius 3 is 2.85 bits per heavy atom. The van der Waals surface area contributed by atoms with Crippen molar-refractivity contribution in [3.63, 3.8) is 0 Å². The van der Waals surface area contributed by atoms with Gasteiger partial charge >= 0.3 is 0 Å². The van der Waals surface area contributed by atoms with Crippen molar-refractivity contribution in [2.45, 2.75) is 39.2 Å². The van der Waals surface area contributed by atoms with Gasteiger partial charge in [-0.15, -0.1) is 0 Å². The smallest absolute Gasteiger partial charge is 0.223 e. The number of rotatable bonds is 3. The fourth-order valence-corrected chi connectivity index (χ4v) is 2.23. The van der Waals surface area contributed by atoms with E-state index in [0.717, 1.165) is 6.54 Å². The summed E-state index contributed by atoms with van der Waals surface area (Å²) < 4.78 is 0. The first kappa shape index (κ1) is 10.9. The highest BCUT2D eigenvalue weighted by atomic mass is 32.1. The van der Waals surface area contributed by atoms with Crippen molar-refractivity contribution in [1.29, 1.82) is 0 Å². The van der Waals surface area contributed by atoms with Crippen LogP contribution in [0.25, 0.3) is 0 Å². The third kappa shape index (κ3) is 2.63. The fraction of sp³-hybridized carbons (Fsp3) is 0.900. The van der Waals surface area contributed by atoms with Gasteiger partial charge in [0.2, 0.25) is 5.91 Å². The van der Waals surface area contributed by atoms with Gasteiger partial charge in [-0.2, -0.15) is 12.6 Å². The summed E-state index contributed by atoms with van der Waals surface area (Å²) in [4.78, 5) is 13.7. The van der Waals surface area contributed by atoms with Gasteiger partial charge in [-0.05, 0) is 24.5 Å². The second kappa shape index (κ2) is 4.89. The van der Waals surface area contributed by atoms with E-state index < -0.39 is 0 Å². The first-order chi connectivity index (χ1) is 6.16. The minimum absolute atomic E-state index is 0.284. The third-order valence-electron chi connectivity index (χ3n) is 2.71. The zero-order valence-corrected chi connectivity index (χ0v) is 9.39. The SMILES string of the molecule is CC(C)C1CCCN1C(=O)CCS. The summed E-state index contributed by atoms with van der Waals surface area (Å²) in [7, 11) is 0. The lowest BCUT2D eigenvalue weighted by Crippen LogP contribution is -2.38. The lowest BCUT2D eigenvalue weighted by molar-refractivity contribution is -0.132. The summed E-state index contributed by atoms with van der Waals surface area (Å²) in [6.45, 7) is 5.34. The van der Waals surface area contributed by atoms with E-state index in [1.165, 1.54) is 12.8 Å². The Labute approximate surface area is 86.1 Å². The van der Waals surface area contributed by atoms with E-state index >= 15 is 0 Å². The summed E-state index contributed by atoms with van der Waals surface area (Å²) in [5.41, 5.74) is 0. The Bertz CT molecular complexity index is 182. The maximum atomic E-state index is 11.6. The molecule has 1 heterocycles. The van der Waals surface area contributed by atoms with Crippen molar-refractivity contribution in [3.8, 4) is 0 Å². The second-order valence-corrected chi connectivity index (χ2v) is 4.46. The molecule has 0 radical (unpaired) electrons. The highest BCUT2D eigenvalue weighted by Gasteiger charge is 2.29. The molecular weight excluding hydrogens is 182 g/mol. The number of likely N-dealkylation sites (tertiary alicyclic amines) is 1. The van der Waals surface area contributed by atoms with Crippen LogP contribution in [-0.4, -0.2) is 29.1 Å². The summed E-state index contributed by atoms with van der Waals surface area (Å²) in [6.07, 6.45) is 2.93. The monoisotopic (exact) mass is 201 g/mol. The largest absolute Gasteiger partial charge is 0.339 e. The van der Waals surface area contributed by atoms with Gasteiger partial charge in [0, 0.05) is 19.0 Å². The minimum Gasteiger partial charge on any atom is -0.339 e. The molecule has 0 saturated carbocycles. The number of hydrogen-bond donors (Lipinski definition) is 1. The van der Waals surface area contributed by atoms with Crippen LogP contribution in [0.4, 0.5) is 0 Å². The van der Waals surface area contributed by atoms with Gasteiger partial charge in [0.25, 0.3) is 0 Å². The van der Waals surface area contributed by atoms with Crippen LogP contribution in [0.5, 0.6) is 0 Å². The molecule has 1 aliphatic rings. The number of carbonyl (C=O) groups is 1. The fourth-order valence-electron chi connectivity index (χ4n) is 2.03. The Morgan fingerprint density at radius 2 is 2.31 bits per heavy atom. The van der Waals surface area contributed by atoms with Crippen molar-refractivity contribution in [2.75, 3.05) is 12.3 Å². The predicted octanol–water partition coefficient (Wildman–Crippen LogP) is 1.95. The van der Waals surface area contributed by atoms with Crippen LogP contribution < -0.4 is 0 Å². The Kier molecular flexibility index (Phi) is 4.10. The van der Waals surface area contributed by atoms with Crippen molar-refractivity contribution in [2.24, 2.45) is 5.92 Å². The molecule has 1 amide bonds. The van der Waals surface area contributed by atoms with Gasteiger partial charge in [-0.25, -0.2) is 0 Å². The van der Waals surface area contributed by atoms with Crippen molar-refractivity contribution >= 4 is 18.5 Å². The number of amides is 1. The normalized spacial score (nSPS) is 22.8. The second-order valence-electron chi connectivity index (χ2n) is 4.01. The van der Waals surface area contributed by atoms with Crippen molar-refractivity contribution in [1.82, 2.24) is 4.90 Å². The number of thiol groups is 1. The van der Waals surface area contributed by atoms with Crippen LogP contribution in [0.3, 0.4) is 0 Å². The molecule has 0 aliphatic carbocycles. The van der Waals surface area contributed by atoms with Gasteiger partial charge in [-0.1, -0.05) is 13.8 Å². The van der Waals surface area contributed by atoms with E-state index in [1.807, 2.05) is 4.90 Å². The number of carbonyl (C=O) groups excluding carboxylic acids is 1. The average Bonchev–Trinajstić information content (AvgIpc) is 2.52. The molecule has 76 valence electrons. The van der Waals surface area contributed by atoms with Crippen LogP contribution in [0.15, 0.2) is 0 Å². The van der Waals surface area contributed by atoms with Crippen molar-refractivity contribution in [3.05, 3.63) is 0 Å². The van der Waals surface area contributed by atoms with Crippen LogP contribution in [0, 0.1) is 5.92 Å². The topological polar surface area (TPSA) is 20.3 Å². The van der Waals surface area contributed by atoms with E-state index in [2.05, 4.69) is 26.5 Å². The zero-order chi connectivity index (χ0) is 9.84. The minimum atomic E-state index is 0.284. The molecule has 2 nitrogen and oxygen atoms in total. The maximum Gasteiger partial charge on any atom is 0.223 e. The van der Waals surface area contributed by atoms with Gasteiger partial charge in [0.15, 0.2) is 0 Å². The van der Waals surface area contributed by atoms with E-state index in [9.17, 15) is 4.79 Å². The maximum absolute atomic E-state index is 11.6. The van der Waals surface area contributed by atoms with Gasteiger partial charge in [-0.3, -0.25) is 4.79 Å². The molecule has 1 unspecified atom stereocenters. The quantitative estimate of drug-likeness (QED) is 0.692. The van der Waals surface area contributed by atoms with E-state index in [-0.39, 0.29) is 5.91 Å². The highest BCUT2D eigenvalue weighted by molar-refractivity contribution is 7.80. The lowest BCUT2D eigenvalue weighted by Gasteiger charge is -2.27. The summed E-state index contributed by atoms with van der Waals surface area (Å²) in [5.74, 6) is 1.54. The molecule has 0 bridgehead atoms. The molecule has 1 atom stereocenters. The van der Waals surface area contributed by atoms with Gasteiger partial charge < -0.3 is 4.90 Å². The van der Waals surface area contributed by atoms with Crippen molar-refractivity contribution < 1.29 is 4.79 Å². The standard InChI is InChI=1S/C10H19NOS/c1-8(2)9-4-3-6-11(9)10(12)5-7-13/h8-9,13H,3-7H2,1-2H3. The molecule has 0 aromatic rings. The third-order valence-corrected chi connectivity index (χ3v) is 2.94. The number of nitrogens with zero attached hydrogens (tertiary/aromatic N) is 1. The Hall–Kier alpha value is -0.180.